The Hall–Kier alpha value is -0.590. The van der Waals surface area contributed by atoms with E-state index >= 15 is 0 Å². The van der Waals surface area contributed by atoms with E-state index in [9.17, 15) is 5.11 Å². The summed E-state index contributed by atoms with van der Waals surface area (Å²) >= 11 is 1.66. The summed E-state index contributed by atoms with van der Waals surface area (Å²) in [5.41, 5.74) is 0. The molecule has 0 aromatic carbocycles. The van der Waals surface area contributed by atoms with Crippen molar-refractivity contribution in [2.45, 2.75) is 24.3 Å². The average Bonchev–Trinajstić information content (AvgIpc) is 2.74. The van der Waals surface area contributed by atoms with Gasteiger partial charge in [0, 0.05) is 6.54 Å². The van der Waals surface area contributed by atoms with Gasteiger partial charge in [-0.15, -0.1) is 0 Å². The van der Waals surface area contributed by atoms with E-state index in [0.29, 0.717) is 18.9 Å². The fourth-order valence-electron chi connectivity index (χ4n) is 1.50. The Morgan fingerprint density at radius 2 is 2.57 bits per heavy atom. The Labute approximate surface area is 86.3 Å². The Morgan fingerprint density at radius 3 is 3.21 bits per heavy atom. The van der Waals surface area contributed by atoms with Gasteiger partial charge >= 0.3 is 0 Å². The molecule has 5 nitrogen and oxygen atoms in total. The maximum absolute atomic E-state index is 9.31. The van der Waals surface area contributed by atoms with Crippen molar-refractivity contribution in [3.8, 4) is 0 Å². The second kappa shape index (κ2) is 4.29. The van der Waals surface area contributed by atoms with Crippen molar-refractivity contribution in [3.05, 3.63) is 11.7 Å². The van der Waals surface area contributed by atoms with Crippen LogP contribution in [0.3, 0.4) is 0 Å². The molecule has 0 saturated carbocycles. The average molecular weight is 215 g/mol. The molecule has 2 atom stereocenters. The van der Waals surface area contributed by atoms with Crippen LogP contribution in [0.15, 0.2) is 4.52 Å². The van der Waals surface area contributed by atoms with Gasteiger partial charge in [0.15, 0.2) is 5.82 Å². The molecular weight excluding hydrogens is 202 g/mol. The lowest BCUT2D eigenvalue weighted by molar-refractivity contribution is 0.191. The predicted molar refractivity (Wildman–Crippen MR) is 52.9 cm³/mol. The highest BCUT2D eigenvalue weighted by atomic mass is 32.2. The summed E-state index contributed by atoms with van der Waals surface area (Å²) in [6.45, 7) is 0.602. The first-order valence-corrected chi connectivity index (χ1v) is 5.92. The van der Waals surface area contributed by atoms with E-state index in [2.05, 4.69) is 15.5 Å². The number of aromatic nitrogens is 2. The standard InChI is InChI=1S/C8H13N3O2S/c1-14-4-7-10-8(13-11-7)6-2-5(12)3-9-6/h5-6,9,12H,2-4H2,1H3/t5?,6-/m0/s1. The summed E-state index contributed by atoms with van der Waals surface area (Å²) in [4.78, 5) is 4.24. The van der Waals surface area contributed by atoms with Crippen molar-refractivity contribution >= 4 is 11.8 Å². The van der Waals surface area contributed by atoms with Gasteiger partial charge in [-0.25, -0.2) is 0 Å². The van der Waals surface area contributed by atoms with Crippen molar-refractivity contribution in [1.82, 2.24) is 15.5 Å². The number of nitrogens with one attached hydrogen (secondary N) is 1. The number of thioether (sulfide) groups is 1. The van der Waals surface area contributed by atoms with Crippen LogP contribution in [-0.4, -0.2) is 34.2 Å². The summed E-state index contributed by atoms with van der Waals surface area (Å²) in [6, 6.07) is 0.0214. The summed E-state index contributed by atoms with van der Waals surface area (Å²) < 4.78 is 5.10. The molecule has 0 amide bonds. The van der Waals surface area contributed by atoms with E-state index in [1.165, 1.54) is 0 Å². The van der Waals surface area contributed by atoms with Crippen molar-refractivity contribution in [2.75, 3.05) is 12.8 Å². The molecule has 1 aromatic heterocycles. The minimum atomic E-state index is -0.295. The third kappa shape index (κ3) is 2.08. The quantitative estimate of drug-likeness (QED) is 0.757. The molecule has 1 unspecified atom stereocenters. The van der Waals surface area contributed by atoms with Crippen molar-refractivity contribution in [1.29, 1.82) is 0 Å². The van der Waals surface area contributed by atoms with Gasteiger partial charge in [-0.05, 0) is 12.7 Å². The maximum atomic E-state index is 9.31. The molecule has 14 heavy (non-hydrogen) atoms. The number of aliphatic hydroxyl groups is 1. The van der Waals surface area contributed by atoms with Gasteiger partial charge in [0.2, 0.25) is 5.89 Å². The Kier molecular flexibility index (Phi) is 3.05. The number of aliphatic hydroxyl groups excluding tert-OH is 1. The highest BCUT2D eigenvalue weighted by Gasteiger charge is 2.27. The summed E-state index contributed by atoms with van der Waals surface area (Å²) in [5, 5.41) is 16.3. The second-order valence-corrected chi connectivity index (χ2v) is 4.20. The topological polar surface area (TPSA) is 71.2 Å². The Balaban J connectivity index is 2.02. The molecular formula is C8H13N3O2S. The minimum Gasteiger partial charge on any atom is -0.392 e. The van der Waals surface area contributed by atoms with Crippen molar-refractivity contribution in [3.63, 3.8) is 0 Å². The summed E-state index contributed by atoms with van der Waals surface area (Å²) in [5.74, 6) is 2.07. The van der Waals surface area contributed by atoms with Gasteiger partial charge < -0.3 is 14.9 Å². The lowest BCUT2D eigenvalue weighted by Crippen LogP contribution is -2.15. The zero-order valence-electron chi connectivity index (χ0n) is 7.93. The normalized spacial score (nSPS) is 27.0. The number of β-amino-alcohol motifs (C(OH)–C–C–N with tert-alkyl or cyclic N) is 1. The number of rotatable bonds is 3. The van der Waals surface area contributed by atoms with Crippen LogP contribution in [0.2, 0.25) is 0 Å². The van der Waals surface area contributed by atoms with E-state index in [4.69, 9.17) is 4.52 Å². The van der Waals surface area contributed by atoms with Crippen LogP contribution in [0.25, 0.3) is 0 Å². The van der Waals surface area contributed by atoms with E-state index in [-0.39, 0.29) is 12.1 Å². The Morgan fingerprint density at radius 1 is 1.71 bits per heavy atom. The first-order chi connectivity index (χ1) is 6.79. The lowest BCUT2D eigenvalue weighted by Gasteiger charge is -2.01. The minimum absolute atomic E-state index is 0.0214. The van der Waals surface area contributed by atoms with E-state index in [0.717, 1.165) is 11.6 Å². The molecule has 1 aromatic rings. The highest BCUT2D eigenvalue weighted by Crippen LogP contribution is 2.22. The monoisotopic (exact) mass is 215 g/mol. The van der Waals surface area contributed by atoms with Crippen molar-refractivity contribution in [2.24, 2.45) is 0 Å². The highest BCUT2D eigenvalue weighted by molar-refractivity contribution is 7.97. The van der Waals surface area contributed by atoms with Crippen LogP contribution in [-0.2, 0) is 5.75 Å². The second-order valence-electron chi connectivity index (χ2n) is 3.33. The molecule has 78 valence electrons. The smallest absolute Gasteiger partial charge is 0.243 e. The van der Waals surface area contributed by atoms with Crippen LogP contribution in [0.1, 0.15) is 24.2 Å². The number of hydrogen-bond donors (Lipinski definition) is 2. The molecule has 1 aliphatic rings. The van der Waals surface area contributed by atoms with E-state index in [1.54, 1.807) is 11.8 Å². The third-order valence-electron chi connectivity index (χ3n) is 2.16. The van der Waals surface area contributed by atoms with Crippen LogP contribution >= 0.6 is 11.8 Å². The van der Waals surface area contributed by atoms with Gasteiger partial charge in [-0.3, -0.25) is 0 Å². The largest absolute Gasteiger partial charge is 0.392 e. The number of nitrogens with zero attached hydrogens (tertiary/aromatic N) is 2. The van der Waals surface area contributed by atoms with Crippen LogP contribution in [0.4, 0.5) is 0 Å². The SMILES string of the molecule is CSCc1noc([C@@H]2CC(O)CN2)n1. The first-order valence-electron chi connectivity index (χ1n) is 4.52. The van der Waals surface area contributed by atoms with Gasteiger partial charge in [0.25, 0.3) is 0 Å². The fraction of sp³-hybridized carbons (Fsp3) is 0.750. The zero-order valence-corrected chi connectivity index (χ0v) is 8.75. The summed E-state index contributed by atoms with van der Waals surface area (Å²) in [7, 11) is 0. The zero-order chi connectivity index (χ0) is 9.97. The lowest BCUT2D eigenvalue weighted by atomic mass is 10.2. The van der Waals surface area contributed by atoms with Crippen molar-refractivity contribution < 1.29 is 9.63 Å². The predicted octanol–water partition coefficient (Wildman–Crippen LogP) is 0.328. The molecule has 0 spiro atoms. The first kappa shape index (κ1) is 9.95. The molecule has 0 aliphatic carbocycles. The van der Waals surface area contributed by atoms with Gasteiger partial charge in [0.1, 0.15) is 0 Å². The molecule has 2 N–H and O–H groups in total. The molecule has 6 heteroatoms. The molecule has 1 fully saturated rings. The molecule has 2 heterocycles. The van der Waals surface area contributed by atoms with Crippen LogP contribution in [0.5, 0.6) is 0 Å². The Bertz CT molecular complexity index is 305. The van der Waals surface area contributed by atoms with Gasteiger partial charge in [-0.1, -0.05) is 5.16 Å². The van der Waals surface area contributed by atoms with Gasteiger partial charge in [0.05, 0.1) is 17.9 Å². The van der Waals surface area contributed by atoms with Crippen LogP contribution < -0.4 is 5.32 Å². The molecule has 1 aliphatic heterocycles. The van der Waals surface area contributed by atoms with Crippen LogP contribution in [0, 0.1) is 0 Å². The van der Waals surface area contributed by atoms with E-state index in [1.807, 2.05) is 6.26 Å². The fourth-order valence-corrected chi connectivity index (χ4v) is 1.88. The number of hydrogen-bond acceptors (Lipinski definition) is 6. The molecule has 0 radical (unpaired) electrons. The summed E-state index contributed by atoms with van der Waals surface area (Å²) in [6.07, 6.45) is 2.35. The maximum Gasteiger partial charge on any atom is 0.243 e. The van der Waals surface area contributed by atoms with Gasteiger partial charge in [-0.2, -0.15) is 16.7 Å². The third-order valence-corrected chi connectivity index (χ3v) is 2.71. The molecule has 2 rings (SSSR count). The van der Waals surface area contributed by atoms with E-state index < -0.39 is 0 Å². The molecule has 0 bridgehead atoms. The molecule has 1 saturated heterocycles.